The third-order valence-electron chi connectivity index (χ3n) is 3.80. The molecular formula is C18H21N5O2. The summed E-state index contributed by atoms with van der Waals surface area (Å²) in [5.41, 5.74) is 2.96. The Kier molecular flexibility index (Phi) is 4.83. The molecule has 0 amide bonds. The third-order valence-corrected chi connectivity index (χ3v) is 3.80. The van der Waals surface area contributed by atoms with Gasteiger partial charge < -0.3 is 14.8 Å². The molecule has 2 heterocycles. The van der Waals surface area contributed by atoms with E-state index >= 15 is 0 Å². The lowest BCUT2D eigenvalue weighted by Crippen LogP contribution is -2.07. The van der Waals surface area contributed by atoms with Crippen LogP contribution in [-0.4, -0.2) is 34.0 Å². The minimum Gasteiger partial charge on any atom is -0.497 e. The lowest BCUT2D eigenvalue weighted by molar-refractivity contribution is 0.391. The average molecular weight is 339 g/mol. The zero-order chi connectivity index (χ0) is 17.8. The molecule has 1 aromatic carbocycles. The van der Waals surface area contributed by atoms with Gasteiger partial charge in [-0.2, -0.15) is 5.10 Å². The highest BCUT2D eigenvalue weighted by atomic mass is 16.5. The summed E-state index contributed by atoms with van der Waals surface area (Å²) >= 11 is 0. The lowest BCUT2D eigenvalue weighted by atomic mass is 10.2. The quantitative estimate of drug-likeness (QED) is 0.744. The van der Waals surface area contributed by atoms with Crippen molar-refractivity contribution in [2.75, 3.05) is 19.5 Å². The molecule has 3 aromatic rings. The number of anilines is 1. The number of hydrogen-bond acceptors (Lipinski definition) is 6. The molecule has 0 radical (unpaired) electrons. The molecule has 0 saturated heterocycles. The Morgan fingerprint density at radius 1 is 1.08 bits per heavy atom. The van der Waals surface area contributed by atoms with Crippen LogP contribution in [0.5, 0.6) is 11.5 Å². The summed E-state index contributed by atoms with van der Waals surface area (Å²) in [4.78, 5) is 8.84. The summed E-state index contributed by atoms with van der Waals surface area (Å²) in [7, 11) is 3.27. The van der Waals surface area contributed by atoms with E-state index in [1.807, 2.05) is 38.1 Å². The summed E-state index contributed by atoms with van der Waals surface area (Å²) in [5, 5.41) is 7.71. The van der Waals surface area contributed by atoms with Gasteiger partial charge in [0.25, 0.3) is 0 Å². The molecular weight excluding hydrogens is 318 g/mol. The summed E-state index contributed by atoms with van der Waals surface area (Å²) in [6.07, 6.45) is 3.38. The van der Waals surface area contributed by atoms with Gasteiger partial charge >= 0.3 is 0 Å². The van der Waals surface area contributed by atoms with Crippen molar-refractivity contribution in [1.82, 2.24) is 19.7 Å². The number of benzene rings is 1. The summed E-state index contributed by atoms with van der Waals surface area (Å²) in [5.74, 6) is 2.86. The molecule has 0 unspecified atom stereocenters. The Labute approximate surface area is 146 Å². The standard InChI is InChI=1S/C18H21N5O2/c1-12-7-13(2)23(22-12)18-11-19-10-17(21-18)20-9-14-5-6-15(24-3)8-16(14)25-4/h5-8,10-11H,9H2,1-4H3,(H,20,21). The van der Waals surface area contributed by atoms with Crippen LogP contribution in [0, 0.1) is 13.8 Å². The highest BCUT2D eigenvalue weighted by molar-refractivity contribution is 5.44. The van der Waals surface area contributed by atoms with Gasteiger partial charge in [-0.15, -0.1) is 0 Å². The highest BCUT2D eigenvalue weighted by Gasteiger charge is 2.08. The summed E-state index contributed by atoms with van der Waals surface area (Å²) in [6.45, 7) is 4.50. The van der Waals surface area contributed by atoms with Crippen LogP contribution in [0.3, 0.4) is 0 Å². The average Bonchev–Trinajstić information content (AvgIpc) is 2.98. The first-order valence-corrected chi connectivity index (χ1v) is 7.91. The predicted octanol–water partition coefficient (Wildman–Crippen LogP) is 2.91. The number of aryl methyl sites for hydroxylation is 2. The Morgan fingerprint density at radius 2 is 1.92 bits per heavy atom. The van der Waals surface area contributed by atoms with Crippen molar-refractivity contribution >= 4 is 5.82 Å². The maximum Gasteiger partial charge on any atom is 0.174 e. The van der Waals surface area contributed by atoms with Crippen LogP contribution in [0.2, 0.25) is 0 Å². The van der Waals surface area contributed by atoms with Crippen LogP contribution < -0.4 is 14.8 Å². The van der Waals surface area contributed by atoms with E-state index in [1.54, 1.807) is 31.3 Å². The predicted molar refractivity (Wildman–Crippen MR) is 95.5 cm³/mol. The number of nitrogens with one attached hydrogen (secondary N) is 1. The zero-order valence-corrected chi connectivity index (χ0v) is 14.8. The first kappa shape index (κ1) is 16.8. The van der Waals surface area contributed by atoms with E-state index in [0.29, 0.717) is 18.2 Å². The van der Waals surface area contributed by atoms with E-state index in [1.165, 1.54) is 0 Å². The molecule has 0 fully saturated rings. The fraction of sp³-hybridized carbons (Fsp3) is 0.278. The number of aromatic nitrogens is 4. The lowest BCUT2D eigenvalue weighted by Gasteiger charge is -2.12. The third kappa shape index (κ3) is 3.71. The second-order valence-electron chi connectivity index (χ2n) is 5.63. The number of hydrogen-bond donors (Lipinski definition) is 1. The molecule has 0 aliphatic rings. The molecule has 0 aliphatic carbocycles. The van der Waals surface area contributed by atoms with Crippen LogP contribution in [0.1, 0.15) is 17.0 Å². The maximum absolute atomic E-state index is 5.42. The molecule has 1 N–H and O–H groups in total. The Hall–Kier alpha value is -3.09. The monoisotopic (exact) mass is 339 g/mol. The van der Waals surface area contributed by atoms with Gasteiger partial charge in [-0.1, -0.05) is 0 Å². The Morgan fingerprint density at radius 3 is 2.60 bits per heavy atom. The number of ether oxygens (including phenoxy) is 2. The Balaban J connectivity index is 1.78. The first-order valence-electron chi connectivity index (χ1n) is 7.91. The molecule has 3 rings (SSSR count). The number of rotatable bonds is 6. The van der Waals surface area contributed by atoms with Crippen LogP contribution >= 0.6 is 0 Å². The molecule has 0 saturated carbocycles. The van der Waals surface area contributed by atoms with Crippen molar-refractivity contribution in [3.8, 4) is 17.3 Å². The van der Waals surface area contributed by atoms with Gasteiger partial charge in [0.15, 0.2) is 5.82 Å². The van der Waals surface area contributed by atoms with Gasteiger partial charge in [0, 0.05) is 23.9 Å². The number of methoxy groups -OCH3 is 2. The van der Waals surface area contributed by atoms with Crippen LogP contribution in [-0.2, 0) is 6.54 Å². The van der Waals surface area contributed by atoms with Gasteiger partial charge in [-0.25, -0.2) is 9.67 Å². The smallest absolute Gasteiger partial charge is 0.174 e. The van der Waals surface area contributed by atoms with Crippen molar-refractivity contribution < 1.29 is 9.47 Å². The highest BCUT2D eigenvalue weighted by Crippen LogP contribution is 2.25. The second kappa shape index (κ2) is 7.21. The van der Waals surface area contributed by atoms with E-state index in [0.717, 1.165) is 28.5 Å². The van der Waals surface area contributed by atoms with Crippen molar-refractivity contribution in [2.24, 2.45) is 0 Å². The summed E-state index contributed by atoms with van der Waals surface area (Å²) in [6, 6.07) is 7.72. The molecule has 7 heteroatoms. The molecule has 0 aliphatic heterocycles. The first-order chi connectivity index (χ1) is 12.1. The van der Waals surface area contributed by atoms with Crippen LogP contribution in [0.15, 0.2) is 36.7 Å². The van der Waals surface area contributed by atoms with Crippen molar-refractivity contribution in [1.29, 1.82) is 0 Å². The van der Waals surface area contributed by atoms with Crippen molar-refractivity contribution in [3.05, 3.63) is 53.6 Å². The normalized spacial score (nSPS) is 10.6. The van der Waals surface area contributed by atoms with Gasteiger partial charge in [0.1, 0.15) is 17.3 Å². The minimum absolute atomic E-state index is 0.558. The molecule has 2 aromatic heterocycles. The molecule has 0 atom stereocenters. The largest absolute Gasteiger partial charge is 0.497 e. The fourth-order valence-electron chi connectivity index (χ4n) is 2.59. The second-order valence-corrected chi connectivity index (χ2v) is 5.63. The van der Waals surface area contributed by atoms with E-state index in [4.69, 9.17) is 9.47 Å². The SMILES string of the molecule is COc1ccc(CNc2cncc(-n3nc(C)cc3C)n2)c(OC)c1. The minimum atomic E-state index is 0.558. The maximum atomic E-state index is 5.42. The Bertz CT molecular complexity index is 876. The summed E-state index contributed by atoms with van der Waals surface area (Å²) < 4.78 is 12.4. The fourth-order valence-corrected chi connectivity index (χ4v) is 2.59. The van der Waals surface area contributed by atoms with Crippen LogP contribution in [0.25, 0.3) is 5.82 Å². The van der Waals surface area contributed by atoms with E-state index in [9.17, 15) is 0 Å². The van der Waals surface area contributed by atoms with Crippen molar-refractivity contribution in [3.63, 3.8) is 0 Å². The van der Waals surface area contributed by atoms with E-state index in [2.05, 4.69) is 20.4 Å². The van der Waals surface area contributed by atoms with E-state index in [-0.39, 0.29) is 0 Å². The van der Waals surface area contributed by atoms with Gasteiger partial charge in [0.05, 0.1) is 32.3 Å². The molecule has 0 bridgehead atoms. The van der Waals surface area contributed by atoms with Crippen molar-refractivity contribution in [2.45, 2.75) is 20.4 Å². The molecule has 25 heavy (non-hydrogen) atoms. The van der Waals surface area contributed by atoms with E-state index < -0.39 is 0 Å². The molecule has 130 valence electrons. The van der Waals surface area contributed by atoms with Crippen LogP contribution in [0.4, 0.5) is 5.82 Å². The zero-order valence-electron chi connectivity index (χ0n) is 14.8. The molecule has 7 nitrogen and oxygen atoms in total. The molecule has 0 spiro atoms. The number of nitrogens with zero attached hydrogens (tertiary/aromatic N) is 4. The van der Waals surface area contributed by atoms with Gasteiger partial charge in [-0.05, 0) is 32.0 Å². The van der Waals surface area contributed by atoms with Gasteiger partial charge in [0.2, 0.25) is 0 Å². The van der Waals surface area contributed by atoms with Gasteiger partial charge in [-0.3, -0.25) is 4.98 Å². The topological polar surface area (TPSA) is 74.1 Å².